The number of carbonyl (C=O) groups is 1. The van der Waals surface area contributed by atoms with Gasteiger partial charge in [0.15, 0.2) is 0 Å². The Morgan fingerprint density at radius 2 is 1.44 bits per heavy atom. The lowest BCUT2D eigenvalue weighted by Gasteiger charge is -2.24. The smallest absolute Gasteiger partial charge is 0.390 e. The Kier molecular flexibility index (Phi) is 23.1. The molecule has 0 radical (unpaired) electrons. The molecule has 2 N–H and O–H groups in total. The molecule has 0 spiro atoms. The first kappa shape index (κ1) is 33.8. The second-order valence-electron chi connectivity index (χ2n) is 9.34. The van der Waals surface area contributed by atoms with Gasteiger partial charge in [-0.15, -0.1) is 0 Å². The van der Waals surface area contributed by atoms with Gasteiger partial charge in [0, 0.05) is 18.5 Å². The molecule has 0 amide bonds. The van der Waals surface area contributed by atoms with Gasteiger partial charge in [-0.05, 0) is 31.9 Å². The van der Waals surface area contributed by atoms with Crippen LogP contribution in [0.3, 0.4) is 0 Å². The maximum Gasteiger partial charge on any atom is 0.390 e. The molecule has 0 rings (SSSR count). The number of thioether (sulfide) groups is 1. The van der Waals surface area contributed by atoms with Gasteiger partial charge in [-0.25, -0.2) is 4.79 Å². The van der Waals surface area contributed by atoms with Crippen molar-refractivity contribution < 1.29 is 29.0 Å². The SMILES string of the molecule is CCCCCCCCCCCCSC(CCCCC)C(C)OCCCOCC(O)([PH+]=O)C(=O)O. The Morgan fingerprint density at radius 3 is 2.00 bits per heavy atom. The Bertz CT molecular complexity index is 496. The number of hydrogen-bond acceptors (Lipinski definition) is 6. The van der Waals surface area contributed by atoms with Crippen molar-refractivity contribution >= 4 is 26.2 Å². The first-order valence-corrected chi connectivity index (χ1v) is 15.5. The van der Waals surface area contributed by atoms with Crippen molar-refractivity contribution in [1.82, 2.24) is 0 Å². The minimum Gasteiger partial charge on any atom is -0.476 e. The molecule has 6 nitrogen and oxygen atoms in total. The number of rotatable bonds is 26. The predicted molar refractivity (Wildman–Crippen MR) is 145 cm³/mol. The van der Waals surface area contributed by atoms with Crippen molar-refractivity contribution in [1.29, 1.82) is 0 Å². The van der Waals surface area contributed by atoms with Crippen molar-refractivity contribution in [3.63, 3.8) is 0 Å². The summed E-state index contributed by atoms with van der Waals surface area (Å²) in [7, 11) is -1.37. The molecular formula is C26H52O6PS+. The zero-order chi connectivity index (χ0) is 25.5. The number of unbranched alkanes of at least 4 members (excludes halogenated alkanes) is 11. The van der Waals surface area contributed by atoms with Crippen LogP contribution in [0.15, 0.2) is 0 Å². The summed E-state index contributed by atoms with van der Waals surface area (Å²) in [6.45, 7) is 6.94. The Morgan fingerprint density at radius 1 is 0.882 bits per heavy atom. The number of hydrogen-bond donors (Lipinski definition) is 2. The van der Waals surface area contributed by atoms with Gasteiger partial charge in [0.25, 0.3) is 0 Å². The maximum atomic E-state index is 10.9. The van der Waals surface area contributed by atoms with E-state index in [0.29, 0.717) is 18.3 Å². The lowest BCUT2D eigenvalue weighted by molar-refractivity contribution is -0.154. The standard InChI is InChI=1S/C26H51O6PS/c1-4-6-8-9-10-11-12-13-14-16-21-34-24(18-15-7-5-2)23(3)32-20-17-19-31-22-26(29,33-30)25(27)28/h23-24,29H,4-22H2,1-3H3,(H,27,28)/p+1. The average Bonchev–Trinajstić information content (AvgIpc) is 2.83. The predicted octanol–water partition coefficient (Wildman–Crippen LogP) is 7.20. The molecule has 0 fully saturated rings. The van der Waals surface area contributed by atoms with Gasteiger partial charge in [0.2, 0.25) is 0 Å². The Balaban J connectivity index is 4.02. The topological polar surface area (TPSA) is 93.1 Å². The van der Waals surface area contributed by atoms with E-state index in [9.17, 15) is 14.5 Å². The molecular weight excluding hydrogens is 471 g/mol. The Hall–Kier alpha value is -0.200. The summed E-state index contributed by atoms with van der Waals surface area (Å²) in [4.78, 5) is 10.9. The van der Waals surface area contributed by atoms with Gasteiger partial charge in [0.05, 0.1) is 6.10 Å². The minimum absolute atomic E-state index is 0.157. The van der Waals surface area contributed by atoms with Crippen LogP contribution in [0.4, 0.5) is 0 Å². The third-order valence-electron chi connectivity index (χ3n) is 6.09. The van der Waals surface area contributed by atoms with Crippen LogP contribution in [0.2, 0.25) is 0 Å². The molecule has 0 saturated carbocycles. The fraction of sp³-hybridized carbons (Fsp3) is 0.962. The molecule has 8 heteroatoms. The molecule has 0 aromatic carbocycles. The monoisotopic (exact) mass is 523 g/mol. The van der Waals surface area contributed by atoms with Crippen LogP contribution in [0.1, 0.15) is 117 Å². The van der Waals surface area contributed by atoms with Crippen LogP contribution < -0.4 is 0 Å². The number of carboxylic acid groups (broad SMARTS) is 1. The van der Waals surface area contributed by atoms with Gasteiger partial charge in [-0.1, -0.05) is 95.5 Å². The highest BCUT2D eigenvalue weighted by atomic mass is 32.2. The summed E-state index contributed by atoms with van der Waals surface area (Å²) in [5, 5.41) is 16.7. The first-order valence-electron chi connectivity index (χ1n) is 13.6. The van der Waals surface area contributed by atoms with Crippen molar-refractivity contribution in [3.05, 3.63) is 0 Å². The summed E-state index contributed by atoms with van der Waals surface area (Å²) in [6, 6.07) is 0. The highest BCUT2D eigenvalue weighted by Crippen LogP contribution is 2.25. The van der Waals surface area contributed by atoms with Gasteiger partial charge in [-0.2, -0.15) is 11.8 Å². The van der Waals surface area contributed by atoms with Crippen molar-refractivity contribution in [2.24, 2.45) is 0 Å². The molecule has 34 heavy (non-hydrogen) atoms. The molecule has 0 bridgehead atoms. The van der Waals surface area contributed by atoms with Crippen LogP contribution in [-0.2, 0) is 18.8 Å². The van der Waals surface area contributed by atoms with Gasteiger partial charge >= 0.3 is 19.8 Å². The van der Waals surface area contributed by atoms with Crippen LogP contribution >= 0.6 is 20.2 Å². The fourth-order valence-electron chi connectivity index (χ4n) is 3.77. The lowest BCUT2D eigenvalue weighted by Crippen LogP contribution is -2.37. The highest BCUT2D eigenvalue weighted by molar-refractivity contribution is 7.99. The van der Waals surface area contributed by atoms with Crippen molar-refractivity contribution in [3.8, 4) is 0 Å². The average molecular weight is 524 g/mol. The first-order chi connectivity index (χ1) is 16.4. The third kappa shape index (κ3) is 18.1. The van der Waals surface area contributed by atoms with E-state index in [1.165, 1.54) is 95.6 Å². The molecule has 4 unspecified atom stereocenters. The molecule has 0 aliphatic rings. The van der Waals surface area contributed by atoms with Crippen LogP contribution in [0.5, 0.6) is 0 Å². The molecule has 0 aromatic rings. The van der Waals surface area contributed by atoms with E-state index in [4.69, 9.17) is 14.6 Å². The highest BCUT2D eigenvalue weighted by Gasteiger charge is 2.46. The lowest BCUT2D eigenvalue weighted by atomic mass is 10.1. The number of aliphatic hydroxyl groups is 1. The van der Waals surface area contributed by atoms with E-state index in [0.717, 1.165) is 0 Å². The molecule has 0 aromatic heterocycles. The second kappa shape index (κ2) is 23.2. The number of aliphatic carboxylic acids is 1. The molecule has 0 saturated heterocycles. The van der Waals surface area contributed by atoms with E-state index in [2.05, 4.69) is 20.8 Å². The molecule has 202 valence electrons. The van der Waals surface area contributed by atoms with E-state index in [1.807, 2.05) is 11.8 Å². The molecule has 0 aliphatic heterocycles. The van der Waals surface area contributed by atoms with Crippen molar-refractivity contribution in [2.45, 2.75) is 134 Å². The minimum atomic E-state index is -2.32. The van der Waals surface area contributed by atoms with Gasteiger partial charge < -0.3 is 19.7 Å². The zero-order valence-corrected chi connectivity index (χ0v) is 23.8. The largest absolute Gasteiger partial charge is 0.476 e. The fourth-order valence-corrected chi connectivity index (χ4v) is 5.37. The van der Waals surface area contributed by atoms with Crippen LogP contribution in [-0.4, -0.2) is 58.5 Å². The summed E-state index contributed by atoms with van der Waals surface area (Å²) >= 11 is 2.05. The summed E-state index contributed by atoms with van der Waals surface area (Å²) in [6.07, 6.45) is 19.2. The van der Waals surface area contributed by atoms with Crippen molar-refractivity contribution in [2.75, 3.05) is 25.6 Å². The number of carboxylic acids is 1. The van der Waals surface area contributed by atoms with Crippen LogP contribution in [0, 0.1) is 0 Å². The third-order valence-corrected chi connectivity index (χ3v) is 8.36. The maximum absolute atomic E-state index is 10.9. The van der Waals surface area contributed by atoms with E-state index in [-0.39, 0.29) is 12.7 Å². The quantitative estimate of drug-likeness (QED) is 0.0914. The molecule has 4 atom stereocenters. The van der Waals surface area contributed by atoms with Crippen LogP contribution in [0.25, 0.3) is 0 Å². The van der Waals surface area contributed by atoms with Gasteiger partial charge in [-0.3, -0.25) is 0 Å². The summed E-state index contributed by atoms with van der Waals surface area (Å²) < 4.78 is 22.2. The van der Waals surface area contributed by atoms with Gasteiger partial charge in [0.1, 0.15) is 6.61 Å². The zero-order valence-electron chi connectivity index (χ0n) is 22.0. The molecule has 0 heterocycles. The van der Waals surface area contributed by atoms with E-state index < -0.39 is 26.4 Å². The summed E-state index contributed by atoms with van der Waals surface area (Å²) in [5.41, 5.74) is 0. The number of ether oxygens (including phenoxy) is 2. The second-order valence-corrected chi connectivity index (χ2v) is 11.7. The van der Waals surface area contributed by atoms with E-state index >= 15 is 0 Å². The molecule has 0 aliphatic carbocycles. The Labute approximate surface area is 214 Å². The summed E-state index contributed by atoms with van der Waals surface area (Å²) in [5.74, 6) is -0.339. The normalized spacial score (nSPS) is 15.3. The van der Waals surface area contributed by atoms with E-state index in [1.54, 1.807) is 0 Å².